The van der Waals surface area contributed by atoms with Gasteiger partial charge in [0, 0.05) is 37.6 Å². The van der Waals surface area contributed by atoms with Crippen molar-refractivity contribution in [1.82, 2.24) is 25.1 Å². The first kappa shape index (κ1) is 18.3. The normalized spacial score (nSPS) is 21.4. The van der Waals surface area contributed by atoms with Crippen LogP contribution in [0, 0.1) is 5.92 Å². The number of nitrogens with one attached hydrogen (secondary N) is 2. The lowest BCUT2D eigenvalue weighted by atomic mass is 9.94. The number of likely N-dealkylation sites (tertiary alicyclic amines) is 1. The zero-order chi connectivity index (χ0) is 18.8. The van der Waals surface area contributed by atoms with Crippen molar-refractivity contribution in [2.75, 3.05) is 39.3 Å². The van der Waals surface area contributed by atoms with Crippen LogP contribution in [0.5, 0.6) is 0 Å². The number of amides is 2. The predicted octanol–water partition coefficient (Wildman–Crippen LogP) is 1.43. The number of carbonyl (C=O) groups is 2. The van der Waals surface area contributed by atoms with E-state index in [-0.39, 0.29) is 11.8 Å². The van der Waals surface area contributed by atoms with Crippen LogP contribution >= 0.6 is 11.6 Å². The number of aromatic amines is 1. The molecule has 1 aromatic heterocycles. The summed E-state index contributed by atoms with van der Waals surface area (Å²) < 4.78 is 0. The van der Waals surface area contributed by atoms with Crippen LogP contribution in [-0.2, 0) is 16.0 Å². The Balaban J connectivity index is 1.35. The number of piperidine rings is 1. The number of aromatic nitrogens is 2. The lowest BCUT2D eigenvalue weighted by Crippen LogP contribution is -2.52. The minimum atomic E-state index is -0.00411. The van der Waals surface area contributed by atoms with Crippen molar-refractivity contribution in [3.05, 3.63) is 29.0 Å². The van der Waals surface area contributed by atoms with Crippen molar-refractivity contribution >= 4 is 34.4 Å². The molecule has 3 heterocycles. The van der Waals surface area contributed by atoms with Crippen LogP contribution in [0.15, 0.2) is 18.2 Å². The van der Waals surface area contributed by atoms with E-state index in [9.17, 15) is 9.59 Å². The van der Waals surface area contributed by atoms with Crippen LogP contribution in [0.3, 0.4) is 0 Å². The largest absolute Gasteiger partial charge is 0.354 e. The molecule has 2 aromatic rings. The summed E-state index contributed by atoms with van der Waals surface area (Å²) in [6, 6.07) is 5.65. The van der Waals surface area contributed by atoms with Gasteiger partial charge < -0.3 is 15.2 Å². The molecule has 7 nitrogen and oxygen atoms in total. The summed E-state index contributed by atoms with van der Waals surface area (Å²) in [5.41, 5.74) is 1.87. The summed E-state index contributed by atoms with van der Waals surface area (Å²) in [4.78, 5) is 36.0. The molecule has 8 heteroatoms. The SMILES string of the molecule is O=C1CN(CC(=O)N2CCC[C@H](Cc3nc4ccc(Cl)cc4[nH]3)C2)CCN1. The van der Waals surface area contributed by atoms with Gasteiger partial charge in [-0.25, -0.2) is 4.98 Å². The number of fused-ring (bicyclic) bond motifs is 1. The van der Waals surface area contributed by atoms with Gasteiger partial charge in [-0.3, -0.25) is 14.5 Å². The lowest BCUT2D eigenvalue weighted by Gasteiger charge is -2.34. The number of benzene rings is 1. The van der Waals surface area contributed by atoms with E-state index in [4.69, 9.17) is 11.6 Å². The van der Waals surface area contributed by atoms with E-state index in [0.717, 1.165) is 55.8 Å². The topological polar surface area (TPSA) is 81.3 Å². The van der Waals surface area contributed by atoms with Gasteiger partial charge in [0.15, 0.2) is 0 Å². The molecule has 2 aliphatic rings. The highest BCUT2D eigenvalue weighted by molar-refractivity contribution is 6.31. The third-order valence-corrected chi connectivity index (χ3v) is 5.56. The van der Waals surface area contributed by atoms with E-state index < -0.39 is 0 Å². The van der Waals surface area contributed by atoms with Crippen LogP contribution in [0.4, 0.5) is 0 Å². The van der Waals surface area contributed by atoms with Crippen LogP contribution in [0.25, 0.3) is 11.0 Å². The minimum Gasteiger partial charge on any atom is -0.354 e. The number of nitrogens with zero attached hydrogens (tertiary/aromatic N) is 3. The molecule has 2 N–H and O–H groups in total. The Morgan fingerprint density at radius 2 is 2.22 bits per heavy atom. The number of carbonyl (C=O) groups excluding carboxylic acids is 2. The van der Waals surface area contributed by atoms with Gasteiger partial charge in [-0.15, -0.1) is 0 Å². The minimum absolute atomic E-state index is 0.00411. The zero-order valence-electron chi connectivity index (χ0n) is 15.2. The van der Waals surface area contributed by atoms with Gasteiger partial charge in [-0.05, 0) is 37.0 Å². The number of halogens is 1. The van der Waals surface area contributed by atoms with Gasteiger partial charge in [0.2, 0.25) is 11.8 Å². The zero-order valence-corrected chi connectivity index (χ0v) is 16.0. The summed E-state index contributed by atoms with van der Waals surface area (Å²) >= 11 is 6.04. The molecule has 27 heavy (non-hydrogen) atoms. The number of H-pyrrole nitrogens is 1. The monoisotopic (exact) mass is 389 g/mol. The van der Waals surface area contributed by atoms with Crippen molar-refractivity contribution in [2.45, 2.75) is 19.3 Å². The van der Waals surface area contributed by atoms with Gasteiger partial charge in [0.25, 0.3) is 0 Å². The second-order valence-electron chi connectivity index (χ2n) is 7.46. The summed E-state index contributed by atoms with van der Waals surface area (Å²) in [5, 5.41) is 3.48. The summed E-state index contributed by atoms with van der Waals surface area (Å²) in [7, 11) is 0. The van der Waals surface area contributed by atoms with E-state index in [1.54, 1.807) is 0 Å². The molecule has 4 rings (SSSR count). The fourth-order valence-corrected chi connectivity index (χ4v) is 4.15. The van der Waals surface area contributed by atoms with E-state index in [0.29, 0.717) is 30.6 Å². The van der Waals surface area contributed by atoms with Crippen molar-refractivity contribution < 1.29 is 9.59 Å². The average molecular weight is 390 g/mol. The number of hydrogen-bond acceptors (Lipinski definition) is 4. The molecule has 0 unspecified atom stereocenters. The van der Waals surface area contributed by atoms with Gasteiger partial charge in [0.1, 0.15) is 5.82 Å². The van der Waals surface area contributed by atoms with Crippen LogP contribution in [-0.4, -0.2) is 70.9 Å². The first-order valence-electron chi connectivity index (χ1n) is 9.48. The van der Waals surface area contributed by atoms with Crippen molar-refractivity contribution in [3.8, 4) is 0 Å². The lowest BCUT2D eigenvalue weighted by molar-refractivity contribution is -0.135. The highest BCUT2D eigenvalue weighted by atomic mass is 35.5. The highest BCUT2D eigenvalue weighted by Crippen LogP contribution is 2.23. The number of rotatable bonds is 4. The second-order valence-corrected chi connectivity index (χ2v) is 7.89. The summed E-state index contributed by atoms with van der Waals surface area (Å²) in [6.45, 7) is 3.52. The van der Waals surface area contributed by atoms with Crippen molar-refractivity contribution in [3.63, 3.8) is 0 Å². The van der Waals surface area contributed by atoms with Gasteiger partial charge in [-0.2, -0.15) is 0 Å². The first-order chi connectivity index (χ1) is 13.1. The molecule has 0 saturated carbocycles. The summed E-state index contributed by atoms with van der Waals surface area (Å²) in [5.74, 6) is 1.45. The molecule has 2 amide bonds. The smallest absolute Gasteiger partial charge is 0.236 e. The Morgan fingerprint density at radius 3 is 3.07 bits per heavy atom. The van der Waals surface area contributed by atoms with Crippen LogP contribution < -0.4 is 5.32 Å². The molecular formula is C19H24ClN5O2. The summed E-state index contributed by atoms with van der Waals surface area (Å²) in [6.07, 6.45) is 2.92. The van der Waals surface area contributed by atoms with Gasteiger partial charge in [-0.1, -0.05) is 11.6 Å². The van der Waals surface area contributed by atoms with E-state index in [1.165, 1.54) is 0 Å². The highest BCUT2D eigenvalue weighted by Gasteiger charge is 2.27. The molecule has 1 atom stereocenters. The molecular weight excluding hydrogens is 366 g/mol. The Morgan fingerprint density at radius 1 is 1.33 bits per heavy atom. The number of piperazine rings is 1. The molecule has 2 aliphatic heterocycles. The van der Waals surface area contributed by atoms with Gasteiger partial charge >= 0.3 is 0 Å². The fourth-order valence-electron chi connectivity index (χ4n) is 3.98. The molecule has 0 radical (unpaired) electrons. The number of imidazole rings is 1. The average Bonchev–Trinajstić information content (AvgIpc) is 3.03. The van der Waals surface area contributed by atoms with Crippen molar-refractivity contribution in [2.24, 2.45) is 5.92 Å². The predicted molar refractivity (Wildman–Crippen MR) is 104 cm³/mol. The molecule has 1 aromatic carbocycles. The maximum Gasteiger partial charge on any atom is 0.236 e. The maximum absolute atomic E-state index is 12.7. The van der Waals surface area contributed by atoms with E-state index in [2.05, 4.69) is 15.3 Å². The maximum atomic E-state index is 12.7. The van der Waals surface area contributed by atoms with Crippen molar-refractivity contribution in [1.29, 1.82) is 0 Å². The fraction of sp³-hybridized carbons (Fsp3) is 0.526. The van der Waals surface area contributed by atoms with E-state index >= 15 is 0 Å². The van der Waals surface area contributed by atoms with Crippen LogP contribution in [0.2, 0.25) is 5.02 Å². The molecule has 0 spiro atoms. The Labute approximate surface area is 163 Å². The molecule has 144 valence electrons. The quantitative estimate of drug-likeness (QED) is 0.828. The molecule has 2 fully saturated rings. The molecule has 2 saturated heterocycles. The third-order valence-electron chi connectivity index (χ3n) is 5.32. The third kappa shape index (κ3) is 4.42. The van der Waals surface area contributed by atoms with Gasteiger partial charge in [0.05, 0.1) is 24.1 Å². The Kier molecular flexibility index (Phi) is 5.31. The Hall–Kier alpha value is -2.12. The standard InChI is InChI=1S/C19H24ClN5O2/c20-14-3-4-15-16(9-14)23-17(22-15)8-13-2-1-6-25(10-13)19(27)12-24-7-5-21-18(26)11-24/h3-4,9,13H,1-2,5-8,10-12H2,(H,21,26)(H,22,23)/t13-/m1/s1. The first-order valence-corrected chi connectivity index (χ1v) is 9.85. The number of hydrogen-bond donors (Lipinski definition) is 2. The van der Waals surface area contributed by atoms with E-state index in [1.807, 2.05) is 28.0 Å². The molecule has 0 bridgehead atoms. The Bertz CT molecular complexity index is 852. The second kappa shape index (κ2) is 7.86. The molecule has 0 aliphatic carbocycles. The van der Waals surface area contributed by atoms with Crippen LogP contribution in [0.1, 0.15) is 18.7 Å².